The van der Waals surface area contributed by atoms with E-state index in [0.717, 1.165) is 17.5 Å². The van der Waals surface area contributed by atoms with E-state index < -0.39 is 10.0 Å². The van der Waals surface area contributed by atoms with Crippen LogP contribution >= 0.6 is 0 Å². The Morgan fingerprint density at radius 1 is 1.10 bits per heavy atom. The third-order valence-electron chi connectivity index (χ3n) is 3.11. The molecule has 1 aromatic carbocycles. The van der Waals surface area contributed by atoms with Gasteiger partial charge >= 0.3 is 0 Å². The highest BCUT2D eigenvalue weighted by molar-refractivity contribution is 7.89. The van der Waals surface area contributed by atoms with Crippen LogP contribution in [-0.2, 0) is 14.8 Å². The van der Waals surface area contributed by atoms with Crippen molar-refractivity contribution in [3.63, 3.8) is 0 Å². The van der Waals surface area contributed by atoms with Gasteiger partial charge in [-0.25, -0.2) is 13.6 Å². The van der Waals surface area contributed by atoms with Gasteiger partial charge in [-0.15, -0.1) is 0 Å². The van der Waals surface area contributed by atoms with Crippen LogP contribution in [-0.4, -0.2) is 28.2 Å². The zero-order valence-electron chi connectivity index (χ0n) is 12.5. The summed E-state index contributed by atoms with van der Waals surface area (Å²) in [6, 6.07) is 1.56. The van der Waals surface area contributed by atoms with Crippen LogP contribution < -0.4 is 9.88 Å². The van der Waals surface area contributed by atoms with Crippen molar-refractivity contribution in [3.05, 3.63) is 22.8 Å². The first-order valence-corrected chi connectivity index (χ1v) is 8.17. The Labute approximate surface area is 121 Å². The number of primary sulfonamides is 1. The second-order valence-corrected chi connectivity index (χ2v) is 6.31. The Morgan fingerprint density at radius 3 is 2.30 bits per heavy atom. The van der Waals surface area contributed by atoms with Crippen molar-refractivity contribution in [2.24, 2.45) is 5.14 Å². The van der Waals surface area contributed by atoms with E-state index >= 15 is 0 Å². The topological polar surface area (TPSA) is 78.6 Å². The molecule has 2 N–H and O–H groups in total. The van der Waals surface area contributed by atoms with Crippen molar-refractivity contribution in [1.82, 2.24) is 0 Å². The molecule has 0 fully saturated rings. The zero-order valence-corrected chi connectivity index (χ0v) is 13.3. The van der Waals surface area contributed by atoms with Gasteiger partial charge < -0.3 is 9.47 Å². The van der Waals surface area contributed by atoms with Crippen LogP contribution in [0.5, 0.6) is 5.75 Å². The summed E-state index contributed by atoms with van der Waals surface area (Å²) >= 11 is 0. The molecule has 1 rings (SSSR count). The van der Waals surface area contributed by atoms with Crippen molar-refractivity contribution >= 4 is 10.0 Å². The van der Waals surface area contributed by atoms with Crippen LogP contribution in [0.3, 0.4) is 0 Å². The van der Waals surface area contributed by atoms with Gasteiger partial charge in [0.2, 0.25) is 10.0 Å². The summed E-state index contributed by atoms with van der Waals surface area (Å²) in [5, 5.41) is 5.21. The maximum atomic E-state index is 11.5. The minimum Gasteiger partial charge on any atom is -0.491 e. The van der Waals surface area contributed by atoms with Crippen LogP contribution in [0.1, 0.15) is 30.0 Å². The van der Waals surface area contributed by atoms with E-state index in [1.807, 2.05) is 20.8 Å². The number of rotatable bonds is 7. The number of benzene rings is 1. The smallest absolute Gasteiger partial charge is 0.238 e. The minimum absolute atomic E-state index is 0.155. The van der Waals surface area contributed by atoms with Crippen LogP contribution in [0.15, 0.2) is 11.0 Å². The van der Waals surface area contributed by atoms with E-state index in [0.29, 0.717) is 31.1 Å². The molecule has 0 unspecified atom stereocenters. The highest BCUT2D eigenvalue weighted by Crippen LogP contribution is 2.30. The molecule has 0 aliphatic carbocycles. The number of sulfonamides is 1. The summed E-state index contributed by atoms with van der Waals surface area (Å²) in [4.78, 5) is 0.155. The highest BCUT2D eigenvalue weighted by Gasteiger charge is 2.18. The largest absolute Gasteiger partial charge is 0.491 e. The van der Waals surface area contributed by atoms with Gasteiger partial charge in [-0.2, -0.15) is 0 Å². The zero-order chi connectivity index (χ0) is 15.3. The highest BCUT2D eigenvalue weighted by atomic mass is 32.2. The maximum absolute atomic E-state index is 11.5. The van der Waals surface area contributed by atoms with E-state index in [9.17, 15) is 8.42 Å². The first-order chi connectivity index (χ1) is 9.29. The van der Waals surface area contributed by atoms with Crippen molar-refractivity contribution in [3.8, 4) is 5.75 Å². The van der Waals surface area contributed by atoms with Gasteiger partial charge in [-0.05, 0) is 49.9 Å². The van der Waals surface area contributed by atoms with Crippen LogP contribution in [0.2, 0.25) is 0 Å². The van der Waals surface area contributed by atoms with E-state index in [1.54, 1.807) is 13.0 Å². The number of nitrogens with two attached hydrogens (primary N) is 1. The van der Waals surface area contributed by atoms with E-state index in [1.165, 1.54) is 0 Å². The Hall–Kier alpha value is -1.11. The maximum Gasteiger partial charge on any atom is 0.238 e. The van der Waals surface area contributed by atoms with Crippen LogP contribution in [0.25, 0.3) is 0 Å². The van der Waals surface area contributed by atoms with Gasteiger partial charge in [0.25, 0.3) is 0 Å². The van der Waals surface area contributed by atoms with Gasteiger partial charge in [0.1, 0.15) is 12.4 Å². The molecule has 0 spiro atoms. The predicted molar refractivity (Wildman–Crippen MR) is 78.6 cm³/mol. The van der Waals surface area contributed by atoms with Crippen molar-refractivity contribution < 1.29 is 17.9 Å². The summed E-state index contributed by atoms with van der Waals surface area (Å²) in [6.07, 6.45) is 0.972. The predicted octanol–water partition coefficient (Wildman–Crippen LogP) is 2.06. The third kappa shape index (κ3) is 4.19. The molecule has 0 saturated heterocycles. The van der Waals surface area contributed by atoms with Gasteiger partial charge in [0.15, 0.2) is 0 Å². The molecule has 0 bridgehead atoms. The average Bonchev–Trinajstić information content (AvgIpc) is 2.35. The lowest BCUT2D eigenvalue weighted by molar-refractivity contribution is 0.100. The number of ether oxygens (including phenoxy) is 2. The molecular formula is C14H23NO4S. The molecule has 20 heavy (non-hydrogen) atoms. The van der Waals surface area contributed by atoms with Crippen molar-refractivity contribution in [2.75, 3.05) is 19.8 Å². The summed E-state index contributed by atoms with van der Waals surface area (Å²) in [5.74, 6) is 0.704. The summed E-state index contributed by atoms with van der Waals surface area (Å²) < 4.78 is 34.1. The fraction of sp³-hybridized carbons (Fsp3) is 0.571. The molecule has 0 aromatic heterocycles. The van der Waals surface area contributed by atoms with Crippen molar-refractivity contribution in [1.29, 1.82) is 0 Å². The second kappa shape index (κ2) is 7.06. The molecule has 0 heterocycles. The van der Waals surface area contributed by atoms with Crippen LogP contribution in [0, 0.1) is 20.8 Å². The van der Waals surface area contributed by atoms with Crippen molar-refractivity contribution in [2.45, 2.75) is 39.0 Å². The lowest BCUT2D eigenvalue weighted by atomic mass is 10.1. The fourth-order valence-corrected chi connectivity index (χ4v) is 2.91. The Bertz CT molecular complexity index is 567. The second-order valence-electron chi connectivity index (χ2n) is 4.78. The number of aryl methyl sites for hydroxylation is 1. The Kier molecular flexibility index (Phi) is 5.98. The molecule has 0 radical (unpaired) electrons. The van der Waals surface area contributed by atoms with E-state index in [2.05, 4.69) is 0 Å². The molecule has 0 aliphatic rings. The average molecular weight is 301 g/mol. The lowest BCUT2D eigenvalue weighted by Gasteiger charge is -2.16. The van der Waals surface area contributed by atoms with Crippen LogP contribution in [0.4, 0.5) is 0 Å². The molecule has 0 amide bonds. The molecule has 0 saturated carbocycles. The molecule has 0 atom stereocenters. The SMILES string of the molecule is CCCOCCOc1c(C)cc(S(N)(=O)=O)c(C)c1C. The molecule has 0 aliphatic heterocycles. The minimum atomic E-state index is -3.71. The Balaban J connectivity index is 2.92. The molecular weight excluding hydrogens is 278 g/mol. The quantitative estimate of drug-likeness (QED) is 0.782. The first kappa shape index (κ1) is 16.9. The fourth-order valence-electron chi connectivity index (χ4n) is 1.99. The van der Waals surface area contributed by atoms with Gasteiger partial charge in [-0.3, -0.25) is 0 Å². The Morgan fingerprint density at radius 2 is 1.75 bits per heavy atom. The van der Waals surface area contributed by atoms with E-state index in [4.69, 9.17) is 14.6 Å². The van der Waals surface area contributed by atoms with Gasteiger partial charge in [-0.1, -0.05) is 6.92 Å². The van der Waals surface area contributed by atoms with E-state index in [-0.39, 0.29) is 4.90 Å². The summed E-state index contributed by atoms with van der Waals surface area (Å²) in [6.45, 7) is 9.09. The monoisotopic (exact) mass is 301 g/mol. The molecule has 5 nitrogen and oxygen atoms in total. The normalized spacial score (nSPS) is 11.7. The summed E-state index contributed by atoms with van der Waals surface area (Å²) in [7, 11) is -3.71. The molecule has 114 valence electrons. The number of hydrogen-bond donors (Lipinski definition) is 1. The lowest BCUT2D eigenvalue weighted by Crippen LogP contribution is -2.16. The standard InChI is InChI=1S/C14H23NO4S/c1-5-6-18-7-8-19-14-10(2)9-13(20(15,16)17)11(3)12(14)4/h9H,5-8H2,1-4H3,(H2,15,16,17). The van der Waals surface area contributed by atoms with Gasteiger partial charge in [0.05, 0.1) is 11.5 Å². The summed E-state index contributed by atoms with van der Waals surface area (Å²) in [5.41, 5.74) is 2.18. The van der Waals surface area contributed by atoms with Gasteiger partial charge in [0, 0.05) is 6.61 Å². The first-order valence-electron chi connectivity index (χ1n) is 6.63. The molecule has 6 heteroatoms. The molecule has 1 aromatic rings. The third-order valence-corrected chi connectivity index (χ3v) is 4.14. The number of hydrogen-bond acceptors (Lipinski definition) is 4.